The molecule has 112 valence electrons. The van der Waals surface area contributed by atoms with Crippen molar-refractivity contribution in [2.24, 2.45) is 5.92 Å². The van der Waals surface area contributed by atoms with E-state index in [2.05, 4.69) is 5.32 Å². The monoisotopic (exact) mass is 299 g/mol. The Hall–Kier alpha value is -1.56. The molecule has 1 aromatic rings. The first-order chi connectivity index (χ1) is 9.24. The normalized spacial score (nSPS) is 13.1. The standard InChI is InChI=1S/C14H21NO4S/c1-10(2)9-13(14(16)19-3)15-11-5-7-12(8-6-11)20(4,17)18/h5-8,10,13,15H,9H2,1-4H3. The minimum absolute atomic E-state index is 0.251. The summed E-state index contributed by atoms with van der Waals surface area (Å²) in [5.74, 6) is 0.00721. The molecule has 1 unspecified atom stereocenters. The second kappa shape index (κ2) is 6.74. The van der Waals surface area contributed by atoms with Gasteiger partial charge in [0.05, 0.1) is 12.0 Å². The highest BCUT2D eigenvalue weighted by Crippen LogP contribution is 2.17. The minimum atomic E-state index is -3.21. The second-order valence-electron chi connectivity index (χ2n) is 5.15. The maximum absolute atomic E-state index is 11.7. The van der Waals surface area contributed by atoms with Gasteiger partial charge < -0.3 is 10.1 Å². The van der Waals surface area contributed by atoms with Crippen LogP contribution in [0.25, 0.3) is 0 Å². The Bertz CT molecular complexity index is 549. The van der Waals surface area contributed by atoms with Crippen molar-refractivity contribution in [3.8, 4) is 0 Å². The van der Waals surface area contributed by atoms with Gasteiger partial charge >= 0.3 is 5.97 Å². The number of rotatable bonds is 6. The first-order valence-corrected chi connectivity index (χ1v) is 8.27. The zero-order valence-electron chi connectivity index (χ0n) is 12.2. The fourth-order valence-electron chi connectivity index (χ4n) is 1.83. The van der Waals surface area contributed by atoms with E-state index in [0.29, 0.717) is 18.0 Å². The summed E-state index contributed by atoms with van der Waals surface area (Å²) in [7, 11) is -1.86. The largest absolute Gasteiger partial charge is 0.467 e. The molecular formula is C14H21NO4S. The number of carbonyl (C=O) groups is 1. The van der Waals surface area contributed by atoms with Crippen LogP contribution in [0.1, 0.15) is 20.3 Å². The molecule has 0 saturated heterocycles. The van der Waals surface area contributed by atoms with Gasteiger partial charge in [-0.2, -0.15) is 0 Å². The van der Waals surface area contributed by atoms with Crippen molar-refractivity contribution >= 4 is 21.5 Å². The van der Waals surface area contributed by atoms with Crippen LogP contribution in [0.2, 0.25) is 0 Å². The average Bonchev–Trinajstić information content (AvgIpc) is 2.36. The number of methoxy groups -OCH3 is 1. The molecule has 5 nitrogen and oxygen atoms in total. The lowest BCUT2D eigenvalue weighted by atomic mass is 10.0. The molecule has 0 amide bonds. The Morgan fingerprint density at radius 1 is 1.25 bits per heavy atom. The Morgan fingerprint density at radius 3 is 2.20 bits per heavy atom. The molecular weight excluding hydrogens is 278 g/mol. The van der Waals surface area contributed by atoms with Crippen molar-refractivity contribution in [1.29, 1.82) is 0 Å². The molecule has 1 N–H and O–H groups in total. The number of esters is 1. The second-order valence-corrected chi connectivity index (χ2v) is 7.16. The molecule has 1 aromatic carbocycles. The molecule has 1 rings (SSSR count). The summed E-state index contributed by atoms with van der Waals surface area (Å²) >= 11 is 0. The van der Waals surface area contributed by atoms with E-state index in [0.717, 1.165) is 6.26 Å². The zero-order chi connectivity index (χ0) is 15.3. The third-order valence-corrected chi connectivity index (χ3v) is 3.94. The topological polar surface area (TPSA) is 72.5 Å². The molecule has 0 fully saturated rings. The third kappa shape index (κ3) is 4.85. The van der Waals surface area contributed by atoms with E-state index < -0.39 is 15.9 Å². The van der Waals surface area contributed by atoms with E-state index in [1.165, 1.54) is 19.2 Å². The molecule has 0 heterocycles. The van der Waals surface area contributed by atoms with Gasteiger partial charge in [0.1, 0.15) is 6.04 Å². The van der Waals surface area contributed by atoms with Gasteiger partial charge in [0, 0.05) is 11.9 Å². The fourth-order valence-corrected chi connectivity index (χ4v) is 2.46. The number of nitrogens with one attached hydrogen (secondary N) is 1. The lowest BCUT2D eigenvalue weighted by Crippen LogP contribution is -2.32. The molecule has 20 heavy (non-hydrogen) atoms. The van der Waals surface area contributed by atoms with E-state index in [4.69, 9.17) is 4.74 Å². The summed E-state index contributed by atoms with van der Waals surface area (Å²) < 4.78 is 27.5. The zero-order valence-corrected chi connectivity index (χ0v) is 13.0. The predicted molar refractivity (Wildman–Crippen MR) is 78.4 cm³/mol. The average molecular weight is 299 g/mol. The number of carbonyl (C=O) groups excluding carboxylic acids is 1. The Kier molecular flexibility index (Phi) is 5.56. The molecule has 0 spiro atoms. The maximum Gasteiger partial charge on any atom is 0.328 e. The molecule has 0 aromatic heterocycles. The first-order valence-electron chi connectivity index (χ1n) is 6.38. The van der Waals surface area contributed by atoms with Crippen molar-refractivity contribution in [3.63, 3.8) is 0 Å². The highest BCUT2D eigenvalue weighted by molar-refractivity contribution is 7.90. The Balaban J connectivity index is 2.86. The van der Waals surface area contributed by atoms with E-state index in [1.807, 2.05) is 13.8 Å². The van der Waals surface area contributed by atoms with Crippen LogP contribution in [-0.2, 0) is 19.4 Å². The number of benzene rings is 1. The third-order valence-electron chi connectivity index (χ3n) is 2.82. The lowest BCUT2D eigenvalue weighted by molar-refractivity contribution is -0.141. The molecule has 6 heteroatoms. The molecule has 0 radical (unpaired) electrons. The molecule has 0 aliphatic rings. The van der Waals surface area contributed by atoms with Crippen molar-refractivity contribution in [3.05, 3.63) is 24.3 Å². The number of anilines is 1. The molecule has 0 bridgehead atoms. The summed E-state index contributed by atoms with van der Waals surface area (Å²) in [4.78, 5) is 11.9. The van der Waals surface area contributed by atoms with Gasteiger partial charge in [-0.1, -0.05) is 13.8 Å². The van der Waals surface area contributed by atoms with Crippen molar-refractivity contribution in [2.75, 3.05) is 18.7 Å². The smallest absolute Gasteiger partial charge is 0.328 e. The number of hydrogen-bond acceptors (Lipinski definition) is 5. The van der Waals surface area contributed by atoms with Gasteiger partial charge in [-0.3, -0.25) is 0 Å². The van der Waals surface area contributed by atoms with Crippen LogP contribution in [-0.4, -0.2) is 33.8 Å². The molecule has 1 atom stereocenters. The highest BCUT2D eigenvalue weighted by atomic mass is 32.2. The number of ether oxygens (including phenoxy) is 1. The summed E-state index contributed by atoms with van der Waals surface area (Å²) in [5.41, 5.74) is 0.688. The van der Waals surface area contributed by atoms with Gasteiger partial charge in [-0.25, -0.2) is 13.2 Å². The Morgan fingerprint density at radius 2 is 1.80 bits per heavy atom. The SMILES string of the molecule is COC(=O)C(CC(C)C)Nc1ccc(S(C)(=O)=O)cc1. The summed E-state index contributed by atoms with van der Waals surface area (Å²) in [6, 6.07) is 5.88. The Labute approximate surface area is 120 Å². The summed E-state index contributed by atoms with van der Waals surface area (Å²) in [5, 5.41) is 3.07. The van der Waals surface area contributed by atoms with Crippen molar-refractivity contribution < 1.29 is 17.9 Å². The molecule has 0 saturated carbocycles. The van der Waals surface area contributed by atoms with Crippen LogP contribution in [0.3, 0.4) is 0 Å². The summed E-state index contributed by atoms with van der Waals surface area (Å²) in [6.45, 7) is 4.04. The number of sulfone groups is 1. The van der Waals surface area contributed by atoms with Crippen LogP contribution >= 0.6 is 0 Å². The molecule has 0 aliphatic carbocycles. The van der Waals surface area contributed by atoms with Crippen LogP contribution in [0, 0.1) is 5.92 Å². The van der Waals surface area contributed by atoms with Gasteiger partial charge in [0.25, 0.3) is 0 Å². The minimum Gasteiger partial charge on any atom is -0.467 e. The van der Waals surface area contributed by atoms with E-state index in [1.54, 1.807) is 12.1 Å². The van der Waals surface area contributed by atoms with Crippen LogP contribution < -0.4 is 5.32 Å². The summed E-state index contributed by atoms with van der Waals surface area (Å²) in [6.07, 6.45) is 1.80. The molecule has 0 aliphatic heterocycles. The quantitative estimate of drug-likeness (QED) is 0.814. The predicted octanol–water partition coefficient (Wildman–Crippen LogP) is 2.09. The maximum atomic E-state index is 11.7. The van der Waals surface area contributed by atoms with Gasteiger partial charge in [-0.05, 0) is 36.6 Å². The van der Waals surface area contributed by atoms with Crippen LogP contribution in [0.5, 0.6) is 0 Å². The first kappa shape index (κ1) is 16.5. The van der Waals surface area contributed by atoms with Gasteiger partial charge in [0.15, 0.2) is 9.84 Å². The lowest BCUT2D eigenvalue weighted by Gasteiger charge is -2.19. The number of hydrogen-bond donors (Lipinski definition) is 1. The van der Waals surface area contributed by atoms with Crippen LogP contribution in [0.15, 0.2) is 29.2 Å². The van der Waals surface area contributed by atoms with E-state index in [-0.39, 0.29) is 10.9 Å². The van der Waals surface area contributed by atoms with Crippen molar-refractivity contribution in [1.82, 2.24) is 0 Å². The van der Waals surface area contributed by atoms with E-state index >= 15 is 0 Å². The van der Waals surface area contributed by atoms with Gasteiger partial charge in [-0.15, -0.1) is 0 Å². The van der Waals surface area contributed by atoms with E-state index in [9.17, 15) is 13.2 Å². The van der Waals surface area contributed by atoms with Crippen molar-refractivity contribution in [2.45, 2.75) is 31.2 Å². The fraction of sp³-hybridized carbons (Fsp3) is 0.500. The highest BCUT2D eigenvalue weighted by Gasteiger charge is 2.20. The van der Waals surface area contributed by atoms with Crippen LogP contribution in [0.4, 0.5) is 5.69 Å². The van der Waals surface area contributed by atoms with Gasteiger partial charge in [0.2, 0.25) is 0 Å².